The van der Waals surface area contributed by atoms with Crippen molar-refractivity contribution in [3.8, 4) is 11.5 Å². The van der Waals surface area contributed by atoms with Crippen LogP contribution in [0, 0.1) is 0 Å². The van der Waals surface area contributed by atoms with Crippen molar-refractivity contribution >= 4 is 10.2 Å². The van der Waals surface area contributed by atoms with Gasteiger partial charge in [-0.1, -0.05) is 6.07 Å². The molecule has 2 aliphatic rings. The molecule has 8 heteroatoms. The number of morpholine rings is 1. The molecule has 2 aliphatic heterocycles. The standard InChI is InChI=1S/C18H28N2O5S/c1-13-11-19(12-14(2)25-13)26(21,22)20-9-5-6-17(20)16-8-7-15(23-3)10-18(16)24-4/h7-8,10,13-14,17H,5-6,9,11-12H2,1-4H3/t13-,14-,17-/m0/s1. The van der Waals surface area contributed by atoms with Crippen LogP contribution in [0.5, 0.6) is 11.5 Å². The van der Waals surface area contributed by atoms with Gasteiger partial charge >= 0.3 is 0 Å². The van der Waals surface area contributed by atoms with Gasteiger partial charge < -0.3 is 14.2 Å². The topological polar surface area (TPSA) is 68.3 Å². The summed E-state index contributed by atoms with van der Waals surface area (Å²) in [6.45, 7) is 5.10. The van der Waals surface area contributed by atoms with E-state index in [9.17, 15) is 8.42 Å². The quantitative estimate of drug-likeness (QED) is 0.778. The summed E-state index contributed by atoms with van der Waals surface area (Å²) < 4.78 is 46.2. The number of rotatable bonds is 5. The average Bonchev–Trinajstić information content (AvgIpc) is 3.10. The number of hydrogen-bond donors (Lipinski definition) is 0. The minimum absolute atomic E-state index is 0.106. The minimum atomic E-state index is -3.57. The van der Waals surface area contributed by atoms with Crippen LogP contribution in [0.25, 0.3) is 0 Å². The van der Waals surface area contributed by atoms with Gasteiger partial charge in [-0.15, -0.1) is 0 Å². The zero-order valence-corrected chi connectivity index (χ0v) is 16.7. The highest BCUT2D eigenvalue weighted by Gasteiger charge is 2.42. The first-order chi connectivity index (χ1) is 12.4. The Bertz CT molecular complexity index is 729. The highest BCUT2D eigenvalue weighted by atomic mass is 32.2. The fourth-order valence-electron chi connectivity index (χ4n) is 3.89. The van der Waals surface area contributed by atoms with Crippen molar-refractivity contribution in [2.45, 2.75) is 44.9 Å². The SMILES string of the molecule is COc1ccc([C@@H]2CCCN2S(=O)(=O)N2C[C@H](C)O[C@@H](C)C2)c(OC)c1. The predicted molar refractivity (Wildman–Crippen MR) is 98.7 cm³/mol. The Hall–Kier alpha value is -1.35. The van der Waals surface area contributed by atoms with Crippen LogP contribution in [0.4, 0.5) is 0 Å². The number of nitrogens with zero attached hydrogens (tertiary/aromatic N) is 2. The first kappa shape index (κ1) is 19.4. The van der Waals surface area contributed by atoms with Crippen LogP contribution < -0.4 is 9.47 Å². The van der Waals surface area contributed by atoms with Crippen LogP contribution in [-0.4, -0.2) is 63.1 Å². The Morgan fingerprint density at radius 2 is 1.81 bits per heavy atom. The van der Waals surface area contributed by atoms with Gasteiger partial charge in [-0.25, -0.2) is 0 Å². The molecule has 0 aliphatic carbocycles. The van der Waals surface area contributed by atoms with Crippen molar-refractivity contribution in [2.75, 3.05) is 33.9 Å². The lowest BCUT2D eigenvalue weighted by Gasteiger charge is -2.38. The molecule has 0 amide bonds. The van der Waals surface area contributed by atoms with Crippen molar-refractivity contribution < 1.29 is 22.6 Å². The van der Waals surface area contributed by atoms with E-state index in [1.165, 1.54) is 0 Å². The van der Waals surface area contributed by atoms with Crippen molar-refractivity contribution in [1.29, 1.82) is 0 Å². The van der Waals surface area contributed by atoms with Gasteiger partial charge in [0.15, 0.2) is 0 Å². The fourth-order valence-corrected chi connectivity index (χ4v) is 5.88. The molecule has 0 aromatic heterocycles. The molecule has 0 N–H and O–H groups in total. The monoisotopic (exact) mass is 384 g/mol. The average molecular weight is 384 g/mol. The van der Waals surface area contributed by atoms with Crippen LogP contribution in [0.2, 0.25) is 0 Å². The summed E-state index contributed by atoms with van der Waals surface area (Å²) in [5.74, 6) is 1.34. The third-order valence-electron chi connectivity index (χ3n) is 5.01. The van der Waals surface area contributed by atoms with Crippen LogP contribution in [0.3, 0.4) is 0 Å². The summed E-state index contributed by atoms with van der Waals surface area (Å²) in [6, 6.07) is 5.33. The lowest BCUT2D eigenvalue weighted by Crippen LogP contribution is -2.52. The molecule has 0 saturated carbocycles. The van der Waals surface area contributed by atoms with E-state index in [-0.39, 0.29) is 18.2 Å². The molecular weight excluding hydrogens is 356 g/mol. The first-order valence-corrected chi connectivity index (χ1v) is 10.4. The van der Waals surface area contributed by atoms with Crippen LogP contribution in [-0.2, 0) is 14.9 Å². The van der Waals surface area contributed by atoms with Gasteiger partial charge in [-0.2, -0.15) is 17.0 Å². The lowest BCUT2D eigenvalue weighted by molar-refractivity contribution is -0.0455. The third kappa shape index (κ3) is 3.69. The zero-order valence-electron chi connectivity index (χ0n) is 15.8. The molecule has 1 aromatic rings. The molecule has 0 spiro atoms. The summed E-state index contributed by atoms with van der Waals surface area (Å²) >= 11 is 0. The molecule has 3 atom stereocenters. The summed E-state index contributed by atoms with van der Waals surface area (Å²) in [5.41, 5.74) is 0.878. The number of hydrogen-bond acceptors (Lipinski definition) is 5. The van der Waals surface area contributed by atoms with Gasteiger partial charge in [0.25, 0.3) is 10.2 Å². The second-order valence-electron chi connectivity index (χ2n) is 6.96. The van der Waals surface area contributed by atoms with Gasteiger partial charge in [-0.05, 0) is 32.8 Å². The molecule has 0 unspecified atom stereocenters. The van der Waals surface area contributed by atoms with Gasteiger partial charge in [-0.3, -0.25) is 0 Å². The van der Waals surface area contributed by atoms with E-state index >= 15 is 0 Å². The Balaban J connectivity index is 1.90. The van der Waals surface area contributed by atoms with E-state index in [0.29, 0.717) is 31.1 Å². The van der Waals surface area contributed by atoms with E-state index in [1.54, 1.807) is 28.9 Å². The maximum Gasteiger partial charge on any atom is 0.282 e. The maximum absolute atomic E-state index is 13.3. The molecule has 2 saturated heterocycles. The summed E-state index contributed by atoms with van der Waals surface area (Å²) in [4.78, 5) is 0. The normalized spacial score (nSPS) is 28.2. The van der Waals surface area contributed by atoms with Crippen LogP contribution in [0.1, 0.15) is 38.3 Å². The minimum Gasteiger partial charge on any atom is -0.497 e. The summed E-state index contributed by atoms with van der Waals surface area (Å²) in [6.07, 6.45) is 1.39. The summed E-state index contributed by atoms with van der Waals surface area (Å²) in [7, 11) is -0.372. The van der Waals surface area contributed by atoms with E-state index in [0.717, 1.165) is 18.4 Å². The third-order valence-corrected chi connectivity index (χ3v) is 6.99. The van der Waals surface area contributed by atoms with Crippen molar-refractivity contribution in [3.05, 3.63) is 23.8 Å². The number of ether oxygens (including phenoxy) is 3. The Labute approximate surface area is 156 Å². The lowest BCUT2D eigenvalue weighted by atomic mass is 10.0. The molecular formula is C18H28N2O5S. The Kier molecular flexibility index (Phi) is 5.76. The molecule has 146 valence electrons. The van der Waals surface area contributed by atoms with Crippen molar-refractivity contribution in [2.24, 2.45) is 0 Å². The molecule has 0 radical (unpaired) electrons. The van der Waals surface area contributed by atoms with Crippen molar-refractivity contribution in [3.63, 3.8) is 0 Å². The number of benzene rings is 1. The van der Waals surface area contributed by atoms with Gasteiger partial charge in [0.05, 0.1) is 32.5 Å². The van der Waals surface area contributed by atoms with Crippen molar-refractivity contribution in [1.82, 2.24) is 8.61 Å². The Morgan fingerprint density at radius 1 is 1.12 bits per heavy atom. The molecule has 0 bridgehead atoms. The molecule has 3 rings (SSSR count). The molecule has 1 aromatic carbocycles. The first-order valence-electron chi connectivity index (χ1n) is 9.01. The van der Waals surface area contributed by atoms with Gasteiger partial charge in [0, 0.05) is 31.3 Å². The molecule has 2 heterocycles. The Morgan fingerprint density at radius 3 is 2.42 bits per heavy atom. The second-order valence-corrected chi connectivity index (χ2v) is 8.84. The predicted octanol–water partition coefficient (Wildman–Crippen LogP) is 2.19. The van der Waals surface area contributed by atoms with E-state index in [4.69, 9.17) is 14.2 Å². The second kappa shape index (κ2) is 7.72. The molecule has 7 nitrogen and oxygen atoms in total. The molecule has 2 fully saturated rings. The smallest absolute Gasteiger partial charge is 0.282 e. The van der Waals surface area contributed by atoms with Crippen LogP contribution >= 0.6 is 0 Å². The highest BCUT2D eigenvalue weighted by molar-refractivity contribution is 7.86. The van der Waals surface area contributed by atoms with Gasteiger partial charge in [0.1, 0.15) is 11.5 Å². The highest BCUT2D eigenvalue weighted by Crippen LogP contribution is 2.41. The van der Waals surface area contributed by atoms with Gasteiger partial charge in [0.2, 0.25) is 0 Å². The van der Waals surface area contributed by atoms with E-state index in [1.807, 2.05) is 26.0 Å². The van der Waals surface area contributed by atoms with Crippen LogP contribution in [0.15, 0.2) is 18.2 Å². The number of methoxy groups -OCH3 is 2. The summed E-state index contributed by atoms with van der Waals surface area (Å²) in [5, 5.41) is 0. The largest absolute Gasteiger partial charge is 0.497 e. The van der Waals surface area contributed by atoms with E-state index in [2.05, 4.69) is 0 Å². The zero-order chi connectivity index (χ0) is 18.9. The maximum atomic E-state index is 13.3. The molecule has 26 heavy (non-hydrogen) atoms. The fraction of sp³-hybridized carbons (Fsp3) is 0.667. The van der Waals surface area contributed by atoms with E-state index < -0.39 is 10.2 Å².